The molecule has 8 heteroatoms. The van der Waals surface area contributed by atoms with Gasteiger partial charge < -0.3 is 10.5 Å². The summed E-state index contributed by atoms with van der Waals surface area (Å²) in [7, 11) is 1.50. The number of methoxy groups -OCH3 is 1. The van der Waals surface area contributed by atoms with Gasteiger partial charge in [-0.1, -0.05) is 48.5 Å². The Morgan fingerprint density at radius 2 is 1.57 bits per heavy atom. The summed E-state index contributed by atoms with van der Waals surface area (Å²) < 4.78 is 36.5. The smallest absolute Gasteiger partial charge is 0.331 e. The van der Waals surface area contributed by atoms with Crippen molar-refractivity contribution in [3.63, 3.8) is 0 Å². The fourth-order valence-electron chi connectivity index (χ4n) is 4.10. The lowest BCUT2D eigenvalue weighted by atomic mass is 10.0. The van der Waals surface area contributed by atoms with Crippen LogP contribution in [0.25, 0.3) is 11.1 Å². The van der Waals surface area contributed by atoms with E-state index in [1.54, 1.807) is 43.3 Å². The summed E-state index contributed by atoms with van der Waals surface area (Å²) >= 11 is 0. The Morgan fingerprint density at radius 1 is 0.914 bits per heavy atom. The molecule has 1 unspecified atom stereocenters. The number of aromatic nitrogens is 2. The van der Waals surface area contributed by atoms with Crippen LogP contribution in [0.15, 0.2) is 82.4 Å². The molecule has 35 heavy (non-hydrogen) atoms. The lowest BCUT2D eigenvalue weighted by Gasteiger charge is -2.20. The lowest BCUT2D eigenvalue weighted by molar-refractivity contribution is 0.415. The monoisotopic (exact) mass is 477 g/mol. The molecule has 0 fully saturated rings. The van der Waals surface area contributed by atoms with Crippen LogP contribution in [-0.2, 0) is 13.1 Å². The van der Waals surface area contributed by atoms with E-state index >= 15 is 0 Å². The quantitative estimate of drug-likeness (QED) is 0.436. The number of rotatable bonds is 7. The van der Waals surface area contributed by atoms with Gasteiger partial charge in [-0.25, -0.2) is 13.6 Å². The first-order chi connectivity index (χ1) is 16.8. The first-order valence-electron chi connectivity index (χ1n) is 11.0. The Labute approximate surface area is 200 Å². The highest BCUT2D eigenvalue weighted by molar-refractivity contribution is 5.66. The zero-order chi connectivity index (χ0) is 25.1. The molecule has 1 aromatic heterocycles. The van der Waals surface area contributed by atoms with Crippen LogP contribution in [0.5, 0.6) is 5.75 Å². The average Bonchev–Trinajstić information content (AvgIpc) is 2.86. The predicted octanol–water partition coefficient (Wildman–Crippen LogP) is 4.02. The molecule has 4 rings (SSSR count). The maximum absolute atomic E-state index is 14.5. The molecule has 3 aromatic carbocycles. The van der Waals surface area contributed by atoms with Crippen LogP contribution in [0.1, 0.15) is 22.9 Å². The third-order valence-corrected chi connectivity index (χ3v) is 6.03. The van der Waals surface area contributed by atoms with Crippen LogP contribution < -0.4 is 21.7 Å². The second-order valence-corrected chi connectivity index (χ2v) is 8.19. The maximum Gasteiger partial charge on any atom is 0.331 e. The highest BCUT2D eigenvalue weighted by Crippen LogP contribution is 2.24. The molecular formula is C27H25F2N3O3. The van der Waals surface area contributed by atoms with Crippen LogP contribution in [0, 0.1) is 18.6 Å². The standard InChI is InChI=1S/C27H25F2N3O3/c1-17-25(19-10-6-11-20(14-19)35-2)26(33)32(16-24(30)18-8-4-3-5-9-18)27(34)31(17)15-21-22(28)12-7-13-23(21)29/h3-14,24H,15-16,30H2,1-2H3. The van der Waals surface area contributed by atoms with Gasteiger partial charge in [-0.05, 0) is 42.3 Å². The number of hydrogen-bond acceptors (Lipinski definition) is 4. The number of nitrogens with zero attached hydrogens (tertiary/aromatic N) is 2. The third-order valence-electron chi connectivity index (χ3n) is 6.03. The second-order valence-electron chi connectivity index (χ2n) is 8.19. The number of hydrogen-bond donors (Lipinski definition) is 1. The van der Waals surface area contributed by atoms with E-state index < -0.39 is 28.9 Å². The molecule has 2 N–H and O–H groups in total. The molecule has 0 amide bonds. The summed E-state index contributed by atoms with van der Waals surface area (Å²) in [5, 5.41) is 0. The van der Waals surface area contributed by atoms with Crippen LogP contribution in [0.4, 0.5) is 8.78 Å². The molecule has 0 aliphatic carbocycles. The SMILES string of the molecule is COc1cccc(-c2c(C)n(Cc3c(F)cccc3F)c(=O)n(CC(N)c3ccccc3)c2=O)c1. The topological polar surface area (TPSA) is 79.2 Å². The molecule has 0 aliphatic rings. The lowest BCUT2D eigenvalue weighted by Crippen LogP contribution is -2.44. The minimum atomic E-state index is -0.780. The molecule has 0 radical (unpaired) electrons. The van der Waals surface area contributed by atoms with Crippen molar-refractivity contribution in [2.75, 3.05) is 7.11 Å². The number of nitrogens with two attached hydrogens (primary N) is 1. The number of benzene rings is 3. The van der Waals surface area contributed by atoms with E-state index in [2.05, 4.69) is 0 Å². The highest BCUT2D eigenvalue weighted by atomic mass is 19.1. The Balaban J connectivity index is 1.94. The van der Waals surface area contributed by atoms with Gasteiger partial charge in [0.25, 0.3) is 5.56 Å². The van der Waals surface area contributed by atoms with Crippen molar-refractivity contribution in [1.29, 1.82) is 0 Å². The Hall–Kier alpha value is -4.04. The van der Waals surface area contributed by atoms with Crippen LogP contribution in [0.2, 0.25) is 0 Å². The van der Waals surface area contributed by atoms with Gasteiger partial charge in [0.15, 0.2) is 0 Å². The van der Waals surface area contributed by atoms with Gasteiger partial charge >= 0.3 is 5.69 Å². The Kier molecular flexibility index (Phi) is 6.93. The van der Waals surface area contributed by atoms with E-state index in [4.69, 9.17) is 10.5 Å². The van der Waals surface area contributed by atoms with Gasteiger partial charge in [0.2, 0.25) is 0 Å². The van der Waals surface area contributed by atoms with Crippen molar-refractivity contribution in [2.24, 2.45) is 5.73 Å². The molecule has 180 valence electrons. The number of halogens is 2. The molecule has 4 aromatic rings. The van der Waals surface area contributed by atoms with Crippen molar-refractivity contribution in [3.8, 4) is 16.9 Å². The minimum absolute atomic E-state index is 0.112. The van der Waals surface area contributed by atoms with Gasteiger partial charge in [-0.2, -0.15) is 0 Å². The highest BCUT2D eigenvalue weighted by Gasteiger charge is 2.22. The van der Waals surface area contributed by atoms with Crippen molar-refractivity contribution < 1.29 is 13.5 Å². The van der Waals surface area contributed by atoms with Gasteiger partial charge in [0.05, 0.1) is 25.8 Å². The van der Waals surface area contributed by atoms with E-state index in [9.17, 15) is 18.4 Å². The van der Waals surface area contributed by atoms with E-state index in [-0.39, 0.29) is 29.9 Å². The molecule has 0 saturated heterocycles. The van der Waals surface area contributed by atoms with Gasteiger partial charge in [-0.3, -0.25) is 13.9 Å². The van der Waals surface area contributed by atoms with Crippen molar-refractivity contribution in [2.45, 2.75) is 26.1 Å². The second kappa shape index (κ2) is 10.1. The normalized spacial score (nSPS) is 11.9. The van der Waals surface area contributed by atoms with Gasteiger partial charge in [0.1, 0.15) is 17.4 Å². The predicted molar refractivity (Wildman–Crippen MR) is 131 cm³/mol. The largest absolute Gasteiger partial charge is 0.497 e. The molecule has 0 bridgehead atoms. The third kappa shape index (κ3) is 4.79. The fourth-order valence-corrected chi connectivity index (χ4v) is 4.10. The fraction of sp³-hybridized carbons (Fsp3) is 0.185. The summed E-state index contributed by atoms with van der Waals surface area (Å²) in [5.41, 5.74) is 6.58. The molecule has 0 saturated carbocycles. The summed E-state index contributed by atoms with van der Waals surface area (Å²) in [4.78, 5) is 27.1. The first-order valence-corrected chi connectivity index (χ1v) is 11.0. The molecule has 1 heterocycles. The molecule has 1 atom stereocenters. The maximum atomic E-state index is 14.5. The van der Waals surface area contributed by atoms with E-state index in [1.807, 2.05) is 18.2 Å². The summed E-state index contributed by atoms with van der Waals surface area (Å²) in [5.74, 6) is -1.04. The minimum Gasteiger partial charge on any atom is -0.497 e. The van der Waals surface area contributed by atoms with E-state index in [0.29, 0.717) is 11.3 Å². The Bertz CT molecular complexity index is 1460. The summed E-state index contributed by atoms with van der Waals surface area (Å²) in [6.45, 7) is 1.08. The van der Waals surface area contributed by atoms with Crippen LogP contribution >= 0.6 is 0 Å². The molecular weight excluding hydrogens is 452 g/mol. The van der Waals surface area contributed by atoms with E-state index in [0.717, 1.165) is 22.3 Å². The summed E-state index contributed by atoms with van der Waals surface area (Å²) in [6, 6.07) is 18.8. The first kappa shape index (κ1) is 24.1. The van der Waals surface area contributed by atoms with E-state index in [1.165, 1.54) is 17.7 Å². The van der Waals surface area contributed by atoms with Crippen molar-refractivity contribution in [1.82, 2.24) is 9.13 Å². The average molecular weight is 478 g/mol. The summed E-state index contributed by atoms with van der Waals surface area (Å²) in [6.07, 6.45) is 0. The van der Waals surface area contributed by atoms with Gasteiger partial charge in [0, 0.05) is 17.3 Å². The van der Waals surface area contributed by atoms with Gasteiger partial charge in [-0.15, -0.1) is 0 Å². The van der Waals surface area contributed by atoms with Crippen molar-refractivity contribution in [3.05, 3.63) is 122 Å². The van der Waals surface area contributed by atoms with Crippen LogP contribution in [0.3, 0.4) is 0 Å². The zero-order valence-corrected chi connectivity index (χ0v) is 19.4. The van der Waals surface area contributed by atoms with Crippen molar-refractivity contribution >= 4 is 0 Å². The zero-order valence-electron chi connectivity index (χ0n) is 19.4. The molecule has 0 spiro atoms. The van der Waals surface area contributed by atoms with Crippen LogP contribution in [-0.4, -0.2) is 16.2 Å². The number of ether oxygens (including phenoxy) is 1. The molecule has 6 nitrogen and oxygen atoms in total. The molecule has 0 aliphatic heterocycles. The Morgan fingerprint density at radius 3 is 2.23 bits per heavy atom.